The molecule has 2 heterocycles. The van der Waals surface area contributed by atoms with Gasteiger partial charge in [-0.2, -0.15) is 47.1 Å². The summed E-state index contributed by atoms with van der Waals surface area (Å²) in [5, 5.41) is 26.7. The van der Waals surface area contributed by atoms with Crippen LogP contribution in [0, 0.1) is 22.7 Å². The van der Waals surface area contributed by atoms with Gasteiger partial charge in [-0.3, -0.25) is 19.8 Å². The fourth-order valence-electron chi connectivity index (χ4n) is 2.97. The first-order valence-corrected chi connectivity index (χ1v) is 10.7. The number of benzene rings is 2. The molecule has 0 amide bonds. The molecule has 0 saturated carbocycles. The summed E-state index contributed by atoms with van der Waals surface area (Å²) in [6.45, 7) is 0. The summed E-state index contributed by atoms with van der Waals surface area (Å²) in [7, 11) is 0. The molecule has 0 fully saturated rings. The zero-order valence-corrected chi connectivity index (χ0v) is 19.7. The predicted octanol–water partition coefficient (Wildman–Crippen LogP) is 5.31. The molecule has 4 aromatic rings. The Morgan fingerprint density at radius 1 is 0.718 bits per heavy atom. The Hall–Kier alpha value is -4.95. The lowest BCUT2D eigenvalue weighted by atomic mass is 10.1. The van der Waals surface area contributed by atoms with Gasteiger partial charge in [-0.15, -0.1) is 0 Å². The summed E-state index contributed by atoms with van der Waals surface area (Å²) in [6, 6.07) is 15.7. The maximum absolute atomic E-state index is 12.5. The minimum absolute atomic E-state index is 0.127. The van der Waals surface area contributed by atoms with Crippen LogP contribution in [0.25, 0.3) is 22.5 Å². The third kappa shape index (κ3) is 6.68. The second kappa shape index (κ2) is 11.2. The SMILES string of the molecule is N#Cc1ccc(-c2n[nH]c(C(F)(F)F)c(Cl)c2=O)cc1.N#Cc1ccc(-c2n[nH]c(C(F)(F)F)cc2=O)cc1. The van der Waals surface area contributed by atoms with Crippen molar-refractivity contribution in [3.63, 3.8) is 0 Å². The molecule has 8 nitrogen and oxygen atoms in total. The van der Waals surface area contributed by atoms with E-state index >= 15 is 0 Å². The lowest BCUT2D eigenvalue weighted by Gasteiger charge is -2.09. The quantitative estimate of drug-likeness (QED) is 0.316. The van der Waals surface area contributed by atoms with Gasteiger partial charge in [0.25, 0.3) is 0 Å². The van der Waals surface area contributed by atoms with E-state index in [2.05, 4.69) is 10.2 Å². The zero-order valence-electron chi connectivity index (χ0n) is 18.9. The lowest BCUT2D eigenvalue weighted by molar-refractivity contribution is -0.142. The summed E-state index contributed by atoms with van der Waals surface area (Å²) in [5.74, 6) is 0. The molecule has 2 N–H and O–H groups in total. The molecule has 0 radical (unpaired) electrons. The van der Waals surface area contributed by atoms with E-state index in [4.69, 9.17) is 22.1 Å². The van der Waals surface area contributed by atoms with E-state index < -0.39 is 39.6 Å². The monoisotopic (exact) mass is 564 g/mol. The van der Waals surface area contributed by atoms with Crippen LogP contribution in [0.5, 0.6) is 0 Å². The number of nitrogens with zero attached hydrogens (tertiary/aromatic N) is 4. The summed E-state index contributed by atoms with van der Waals surface area (Å²) in [4.78, 5) is 23.4. The maximum atomic E-state index is 12.5. The number of H-pyrrole nitrogens is 2. The zero-order chi connectivity index (χ0) is 29.0. The Labute approximate surface area is 218 Å². The Morgan fingerprint density at radius 3 is 1.59 bits per heavy atom. The first kappa shape index (κ1) is 28.6. The van der Waals surface area contributed by atoms with Gasteiger partial charge in [0.1, 0.15) is 22.1 Å². The van der Waals surface area contributed by atoms with E-state index in [0.717, 1.165) is 0 Å². The first-order valence-electron chi connectivity index (χ1n) is 10.3. The van der Waals surface area contributed by atoms with Crippen molar-refractivity contribution in [3.8, 4) is 34.7 Å². The Kier molecular flexibility index (Phi) is 8.22. The average Bonchev–Trinajstić information content (AvgIpc) is 2.89. The van der Waals surface area contributed by atoms with Crippen molar-refractivity contribution in [2.45, 2.75) is 12.4 Å². The van der Waals surface area contributed by atoms with Crippen LogP contribution >= 0.6 is 11.6 Å². The Balaban J connectivity index is 0.000000216. The summed E-state index contributed by atoms with van der Waals surface area (Å²) >= 11 is 5.44. The molecule has 0 bridgehead atoms. The number of halogens is 7. The van der Waals surface area contributed by atoms with E-state index in [9.17, 15) is 35.9 Å². The highest BCUT2D eigenvalue weighted by Crippen LogP contribution is 2.31. The standard InChI is InChI=1S/C12H5ClF3N3O.C12H6F3N3O/c13-8-10(20)9(18-19-11(8)12(14,15)16)7-3-1-6(5-17)2-4-7;13-12(14,15)10-5-9(19)11(18-17-10)8-3-1-7(6-16)2-4-8/h1-4H,(H,19,20);1-5H,(H,17,19). The summed E-state index contributed by atoms with van der Waals surface area (Å²) in [5.41, 5.74) is -3.48. The van der Waals surface area contributed by atoms with Crippen molar-refractivity contribution in [3.05, 3.63) is 103 Å². The lowest BCUT2D eigenvalue weighted by Crippen LogP contribution is -2.19. The molecule has 0 aliphatic heterocycles. The van der Waals surface area contributed by atoms with Gasteiger partial charge in [-0.25, -0.2) is 0 Å². The number of nitrogens with one attached hydrogen (secondary N) is 2. The topological polar surface area (TPSA) is 139 Å². The van der Waals surface area contributed by atoms with Crippen molar-refractivity contribution in [2.24, 2.45) is 0 Å². The van der Waals surface area contributed by atoms with Crippen LogP contribution in [0.15, 0.2) is 64.2 Å². The molecule has 0 aliphatic carbocycles. The van der Waals surface area contributed by atoms with Crippen molar-refractivity contribution >= 4 is 11.6 Å². The van der Waals surface area contributed by atoms with Crippen molar-refractivity contribution in [1.82, 2.24) is 20.4 Å². The van der Waals surface area contributed by atoms with E-state index in [-0.39, 0.29) is 17.0 Å². The number of nitriles is 2. The molecule has 2 aromatic carbocycles. The van der Waals surface area contributed by atoms with Gasteiger partial charge < -0.3 is 0 Å². The minimum atomic E-state index is -4.79. The van der Waals surface area contributed by atoms with Crippen LogP contribution in [-0.2, 0) is 12.4 Å². The van der Waals surface area contributed by atoms with Gasteiger partial charge in [-0.1, -0.05) is 35.9 Å². The predicted molar refractivity (Wildman–Crippen MR) is 125 cm³/mol. The molecule has 0 aliphatic rings. The largest absolute Gasteiger partial charge is 0.434 e. The van der Waals surface area contributed by atoms with Gasteiger partial charge >= 0.3 is 12.4 Å². The number of aromatic amines is 2. The molecule has 4 rings (SSSR count). The van der Waals surface area contributed by atoms with E-state index in [1.54, 1.807) is 10.2 Å². The average molecular weight is 565 g/mol. The van der Waals surface area contributed by atoms with Gasteiger partial charge in [0.05, 0.1) is 23.3 Å². The molecular formula is C24H11ClF6N6O2. The summed E-state index contributed by atoms with van der Waals surface area (Å²) < 4.78 is 74.7. The highest BCUT2D eigenvalue weighted by molar-refractivity contribution is 6.31. The third-order valence-electron chi connectivity index (χ3n) is 4.87. The number of rotatable bonds is 2. The van der Waals surface area contributed by atoms with Gasteiger partial charge in [0, 0.05) is 17.2 Å². The van der Waals surface area contributed by atoms with Crippen LogP contribution in [0.2, 0.25) is 5.02 Å². The van der Waals surface area contributed by atoms with Crippen LogP contribution in [0.3, 0.4) is 0 Å². The molecule has 0 spiro atoms. The van der Waals surface area contributed by atoms with Crippen molar-refractivity contribution in [1.29, 1.82) is 10.5 Å². The molecule has 198 valence electrons. The second-order valence-electron chi connectivity index (χ2n) is 7.46. The van der Waals surface area contributed by atoms with E-state index in [0.29, 0.717) is 22.8 Å². The molecule has 15 heteroatoms. The molecule has 39 heavy (non-hydrogen) atoms. The normalized spacial score (nSPS) is 11.1. The highest BCUT2D eigenvalue weighted by Gasteiger charge is 2.36. The fourth-order valence-corrected chi connectivity index (χ4v) is 3.21. The molecule has 2 aromatic heterocycles. The molecular weight excluding hydrogens is 554 g/mol. The second-order valence-corrected chi connectivity index (χ2v) is 7.84. The maximum Gasteiger partial charge on any atom is 0.434 e. The fraction of sp³-hybridized carbons (Fsp3) is 0.0833. The minimum Gasteiger partial charge on any atom is -0.287 e. The molecule has 0 atom stereocenters. The Bertz CT molecular complexity index is 1700. The van der Waals surface area contributed by atoms with Crippen LogP contribution in [0.4, 0.5) is 26.3 Å². The third-order valence-corrected chi connectivity index (χ3v) is 5.23. The van der Waals surface area contributed by atoms with Crippen molar-refractivity contribution in [2.75, 3.05) is 0 Å². The highest BCUT2D eigenvalue weighted by atomic mass is 35.5. The van der Waals surface area contributed by atoms with Gasteiger partial charge in [0.2, 0.25) is 10.9 Å². The van der Waals surface area contributed by atoms with Crippen LogP contribution in [0.1, 0.15) is 22.5 Å². The smallest absolute Gasteiger partial charge is 0.287 e. The van der Waals surface area contributed by atoms with E-state index in [1.807, 2.05) is 12.1 Å². The van der Waals surface area contributed by atoms with Crippen LogP contribution < -0.4 is 10.9 Å². The number of hydrogen-bond acceptors (Lipinski definition) is 6. The van der Waals surface area contributed by atoms with Gasteiger partial charge in [0.15, 0.2) is 5.69 Å². The first-order chi connectivity index (χ1) is 18.3. The summed E-state index contributed by atoms with van der Waals surface area (Å²) in [6.07, 6.45) is -9.43. The number of aromatic nitrogens is 4. The Morgan fingerprint density at radius 2 is 1.18 bits per heavy atom. The van der Waals surface area contributed by atoms with Gasteiger partial charge in [-0.05, 0) is 24.3 Å². The molecule has 0 saturated heterocycles. The number of hydrogen-bond donors (Lipinski definition) is 2. The van der Waals surface area contributed by atoms with E-state index in [1.165, 1.54) is 48.5 Å². The van der Waals surface area contributed by atoms with Crippen LogP contribution in [-0.4, -0.2) is 20.4 Å². The number of alkyl halides is 6. The van der Waals surface area contributed by atoms with Crippen molar-refractivity contribution < 1.29 is 26.3 Å². The molecule has 0 unspecified atom stereocenters.